The van der Waals surface area contributed by atoms with Crippen molar-refractivity contribution in [1.29, 1.82) is 0 Å². The Balaban J connectivity index is 2.72. The average Bonchev–Trinajstić information content (AvgIpc) is 2.36. The molecule has 1 aromatic rings. The Kier molecular flexibility index (Phi) is 5.49. The van der Waals surface area contributed by atoms with Crippen LogP contribution in [0.25, 0.3) is 0 Å². The van der Waals surface area contributed by atoms with Crippen LogP contribution in [-0.4, -0.2) is 24.3 Å². The summed E-state index contributed by atoms with van der Waals surface area (Å²) < 4.78 is 10.2. The molecule has 17 heavy (non-hydrogen) atoms. The molecule has 0 aliphatic rings. The minimum Gasteiger partial charge on any atom is -0.494 e. The lowest BCUT2D eigenvalue weighted by molar-refractivity contribution is -0.153. The van der Waals surface area contributed by atoms with E-state index in [2.05, 4.69) is 0 Å². The van der Waals surface area contributed by atoms with Crippen LogP contribution in [0.5, 0.6) is 5.75 Å². The van der Waals surface area contributed by atoms with Crippen molar-refractivity contribution in [1.82, 2.24) is 0 Å². The molecule has 1 rings (SSSR count). The van der Waals surface area contributed by atoms with Crippen LogP contribution in [0.3, 0.4) is 0 Å². The van der Waals surface area contributed by atoms with E-state index in [0.29, 0.717) is 17.9 Å². The highest BCUT2D eigenvalue weighted by Gasteiger charge is 2.18. The lowest BCUT2D eigenvalue weighted by atomic mass is 10.1. The predicted octanol–water partition coefficient (Wildman–Crippen LogP) is 2.07. The van der Waals surface area contributed by atoms with Crippen LogP contribution in [0.15, 0.2) is 24.3 Å². The van der Waals surface area contributed by atoms with E-state index >= 15 is 0 Å². The molecule has 4 heteroatoms. The molecule has 94 valence electrons. The van der Waals surface area contributed by atoms with Gasteiger partial charge in [-0.2, -0.15) is 0 Å². The maximum Gasteiger partial charge on any atom is 0.339 e. The fraction of sp³-hybridized carbons (Fsp3) is 0.462. The van der Waals surface area contributed by atoms with Crippen molar-refractivity contribution in [2.24, 2.45) is 0 Å². The summed E-state index contributed by atoms with van der Waals surface area (Å²) in [6, 6.07) is 6.84. The Morgan fingerprint density at radius 2 is 2.18 bits per heavy atom. The molecule has 0 aromatic heterocycles. The zero-order chi connectivity index (χ0) is 12.7. The van der Waals surface area contributed by atoms with Gasteiger partial charge in [-0.25, -0.2) is 4.79 Å². The molecule has 1 aromatic carbocycles. The Hall–Kier alpha value is -1.55. The summed E-state index contributed by atoms with van der Waals surface area (Å²) in [5, 5.41) is 9.74. The van der Waals surface area contributed by atoms with Crippen LogP contribution in [0.1, 0.15) is 31.9 Å². The summed E-state index contributed by atoms with van der Waals surface area (Å²) >= 11 is 0. The topological polar surface area (TPSA) is 55.8 Å². The molecule has 0 aliphatic heterocycles. The summed E-state index contributed by atoms with van der Waals surface area (Å²) in [5.74, 6) is 0.00726. The van der Waals surface area contributed by atoms with Gasteiger partial charge < -0.3 is 14.6 Å². The first-order valence-corrected chi connectivity index (χ1v) is 5.76. The molecule has 1 atom stereocenters. The van der Waals surface area contributed by atoms with E-state index in [1.807, 2.05) is 6.92 Å². The van der Waals surface area contributed by atoms with E-state index in [1.165, 1.54) is 0 Å². The van der Waals surface area contributed by atoms with Crippen LogP contribution in [-0.2, 0) is 9.53 Å². The van der Waals surface area contributed by atoms with Gasteiger partial charge in [0.15, 0.2) is 6.10 Å². The summed E-state index contributed by atoms with van der Waals surface area (Å²) in [5.41, 5.74) is 0.483. The number of ether oxygens (including phenoxy) is 2. The number of rotatable bonds is 6. The molecule has 0 aliphatic carbocycles. The van der Waals surface area contributed by atoms with E-state index in [1.54, 1.807) is 31.2 Å². The van der Waals surface area contributed by atoms with E-state index in [9.17, 15) is 9.90 Å². The van der Waals surface area contributed by atoms with Gasteiger partial charge >= 0.3 is 5.97 Å². The Labute approximate surface area is 101 Å². The van der Waals surface area contributed by atoms with Crippen LogP contribution >= 0.6 is 0 Å². The number of aliphatic hydroxyl groups excluding tert-OH is 1. The zero-order valence-electron chi connectivity index (χ0n) is 10.2. The predicted molar refractivity (Wildman–Crippen MR) is 63.8 cm³/mol. The molecular formula is C13H18O4. The normalized spacial score (nSPS) is 11.9. The highest BCUT2D eigenvalue weighted by Crippen LogP contribution is 2.20. The summed E-state index contributed by atoms with van der Waals surface area (Å²) in [6.07, 6.45) is -0.342. The molecule has 0 heterocycles. The molecule has 1 unspecified atom stereocenters. The molecule has 0 saturated carbocycles. The Morgan fingerprint density at radius 3 is 2.82 bits per heavy atom. The van der Waals surface area contributed by atoms with Crippen molar-refractivity contribution < 1.29 is 19.4 Å². The smallest absolute Gasteiger partial charge is 0.339 e. The zero-order valence-corrected chi connectivity index (χ0v) is 10.2. The second-order valence-corrected chi connectivity index (χ2v) is 3.58. The number of aliphatic hydroxyl groups is 1. The van der Waals surface area contributed by atoms with Gasteiger partial charge in [-0.3, -0.25) is 0 Å². The Morgan fingerprint density at radius 1 is 1.41 bits per heavy atom. The van der Waals surface area contributed by atoms with Crippen LogP contribution < -0.4 is 4.74 Å². The fourth-order valence-electron chi connectivity index (χ4n) is 1.35. The van der Waals surface area contributed by atoms with Crippen LogP contribution in [0.4, 0.5) is 0 Å². The molecule has 0 spiro atoms. The first kappa shape index (κ1) is 13.5. The standard InChI is InChI=1S/C13H18O4/c1-3-8-17-11-7-5-6-10(9-11)12(14)13(15)16-4-2/h5-7,9,12,14H,3-4,8H2,1-2H3. The number of esters is 1. The second-order valence-electron chi connectivity index (χ2n) is 3.58. The monoisotopic (exact) mass is 238 g/mol. The molecule has 0 amide bonds. The van der Waals surface area contributed by atoms with E-state index in [0.717, 1.165) is 6.42 Å². The van der Waals surface area contributed by atoms with Crippen molar-refractivity contribution in [2.45, 2.75) is 26.4 Å². The fourth-order valence-corrected chi connectivity index (χ4v) is 1.35. The van der Waals surface area contributed by atoms with Gasteiger partial charge in [0, 0.05) is 0 Å². The van der Waals surface area contributed by atoms with Crippen molar-refractivity contribution in [3.63, 3.8) is 0 Å². The average molecular weight is 238 g/mol. The third kappa shape index (κ3) is 4.07. The minimum absolute atomic E-state index is 0.252. The van der Waals surface area contributed by atoms with E-state index in [4.69, 9.17) is 9.47 Å². The Bertz CT molecular complexity index is 362. The molecular weight excluding hydrogens is 220 g/mol. The van der Waals surface area contributed by atoms with Gasteiger partial charge in [0.05, 0.1) is 13.2 Å². The summed E-state index contributed by atoms with van der Waals surface area (Å²) in [7, 11) is 0. The lowest BCUT2D eigenvalue weighted by Crippen LogP contribution is -2.15. The highest BCUT2D eigenvalue weighted by molar-refractivity contribution is 5.76. The SMILES string of the molecule is CCCOc1cccc(C(O)C(=O)OCC)c1. The first-order chi connectivity index (χ1) is 8.19. The largest absolute Gasteiger partial charge is 0.494 e. The summed E-state index contributed by atoms with van der Waals surface area (Å²) in [6.45, 7) is 4.57. The number of hydrogen-bond donors (Lipinski definition) is 1. The van der Waals surface area contributed by atoms with Crippen molar-refractivity contribution >= 4 is 5.97 Å². The van der Waals surface area contributed by atoms with Gasteiger partial charge in [-0.15, -0.1) is 0 Å². The number of carbonyl (C=O) groups is 1. The first-order valence-electron chi connectivity index (χ1n) is 5.76. The van der Waals surface area contributed by atoms with Gasteiger partial charge in [0.1, 0.15) is 5.75 Å². The van der Waals surface area contributed by atoms with Crippen LogP contribution in [0, 0.1) is 0 Å². The van der Waals surface area contributed by atoms with Gasteiger partial charge in [0.2, 0.25) is 0 Å². The van der Waals surface area contributed by atoms with Gasteiger partial charge in [-0.1, -0.05) is 19.1 Å². The van der Waals surface area contributed by atoms with Crippen LogP contribution in [0.2, 0.25) is 0 Å². The molecule has 4 nitrogen and oxygen atoms in total. The maximum absolute atomic E-state index is 11.4. The van der Waals surface area contributed by atoms with E-state index in [-0.39, 0.29) is 6.61 Å². The number of carbonyl (C=O) groups excluding carboxylic acids is 1. The number of hydrogen-bond acceptors (Lipinski definition) is 4. The molecule has 1 N–H and O–H groups in total. The molecule has 0 saturated heterocycles. The number of benzene rings is 1. The third-order valence-electron chi connectivity index (χ3n) is 2.16. The van der Waals surface area contributed by atoms with Crippen molar-refractivity contribution in [3.05, 3.63) is 29.8 Å². The van der Waals surface area contributed by atoms with Gasteiger partial charge in [0.25, 0.3) is 0 Å². The highest BCUT2D eigenvalue weighted by atomic mass is 16.5. The van der Waals surface area contributed by atoms with E-state index < -0.39 is 12.1 Å². The quantitative estimate of drug-likeness (QED) is 0.771. The maximum atomic E-state index is 11.4. The third-order valence-corrected chi connectivity index (χ3v) is 2.16. The molecule has 0 bridgehead atoms. The molecule has 0 fully saturated rings. The molecule has 0 radical (unpaired) electrons. The summed E-state index contributed by atoms with van der Waals surface area (Å²) in [4.78, 5) is 11.4. The van der Waals surface area contributed by atoms with Crippen molar-refractivity contribution in [3.8, 4) is 5.75 Å². The van der Waals surface area contributed by atoms with Crippen molar-refractivity contribution in [2.75, 3.05) is 13.2 Å². The van der Waals surface area contributed by atoms with Gasteiger partial charge in [-0.05, 0) is 31.0 Å². The lowest BCUT2D eigenvalue weighted by Gasteiger charge is -2.11. The minimum atomic E-state index is -1.25. The second kappa shape index (κ2) is 6.91.